The van der Waals surface area contributed by atoms with Gasteiger partial charge in [0.05, 0.1) is 13.2 Å². The van der Waals surface area contributed by atoms with Gasteiger partial charge in [-0.25, -0.2) is 0 Å². The minimum Gasteiger partial charge on any atom is -0.374 e. The van der Waals surface area contributed by atoms with Crippen LogP contribution in [0.5, 0.6) is 0 Å². The molecule has 2 rings (SSSR count). The highest BCUT2D eigenvalue weighted by molar-refractivity contribution is 5.13. The molecule has 0 saturated carbocycles. The van der Waals surface area contributed by atoms with Gasteiger partial charge in [0, 0.05) is 0 Å². The fourth-order valence-corrected chi connectivity index (χ4v) is 1.72. The molecule has 1 saturated heterocycles. The van der Waals surface area contributed by atoms with Crippen LogP contribution < -0.4 is 0 Å². The van der Waals surface area contributed by atoms with E-state index < -0.39 is 0 Å². The predicted molar refractivity (Wildman–Crippen MR) is 68.8 cm³/mol. The van der Waals surface area contributed by atoms with Gasteiger partial charge >= 0.3 is 0 Å². The van der Waals surface area contributed by atoms with Crippen molar-refractivity contribution in [3.05, 3.63) is 48.0 Å². The monoisotopic (exact) mass is 232 g/mol. The van der Waals surface area contributed by atoms with Gasteiger partial charge in [0.1, 0.15) is 12.2 Å². The van der Waals surface area contributed by atoms with E-state index in [0.717, 1.165) is 6.42 Å². The molecule has 1 heterocycles. The first-order chi connectivity index (χ1) is 8.40. The maximum Gasteiger partial charge on any atom is 0.111 e. The lowest BCUT2D eigenvalue weighted by Crippen LogP contribution is -2.03. The molecule has 2 nitrogen and oxygen atoms in total. The van der Waals surface area contributed by atoms with E-state index in [4.69, 9.17) is 9.47 Å². The number of allylic oxidation sites excluding steroid dienone is 1. The summed E-state index contributed by atoms with van der Waals surface area (Å²) in [5.74, 6) is 0. The second kappa shape index (κ2) is 6.58. The third-order valence-electron chi connectivity index (χ3n) is 2.80. The molecule has 0 radical (unpaired) electrons. The first kappa shape index (κ1) is 12.3. The van der Waals surface area contributed by atoms with Crippen LogP contribution in [0.2, 0.25) is 0 Å². The first-order valence-corrected chi connectivity index (χ1v) is 6.34. The molecular weight excluding hydrogens is 212 g/mol. The molecule has 0 spiro atoms. The topological polar surface area (TPSA) is 21.8 Å². The summed E-state index contributed by atoms with van der Waals surface area (Å²) in [4.78, 5) is 0. The zero-order chi connectivity index (χ0) is 11.9. The fourth-order valence-electron chi connectivity index (χ4n) is 1.72. The highest BCUT2D eigenvalue weighted by atomic mass is 16.6. The zero-order valence-corrected chi connectivity index (χ0v) is 10.3. The summed E-state index contributed by atoms with van der Waals surface area (Å²) in [6, 6.07) is 10.2. The van der Waals surface area contributed by atoms with Crippen molar-refractivity contribution >= 4 is 0 Å². The van der Waals surface area contributed by atoms with Crippen LogP contribution in [-0.2, 0) is 16.1 Å². The summed E-state index contributed by atoms with van der Waals surface area (Å²) in [6.07, 6.45) is 7.24. The molecule has 1 aromatic carbocycles. The van der Waals surface area contributed by atoms with Crippen LogP contribution in [0.4, 0.5) is 0 Å². The summed E-state index contributed by atoms with van der Waals surface area (Å²) >= 11 is 0. The SMILES string of the molecule is CCC/C=C/[C@H]1O[C@H]1COCc1ccccc1. The predicted octanol–water partition coefficient (Wildman–Crippen LogP) is 3.33. The first-order valence-electron chi connectivity index (χ1n) is 6.34. The van der Waals surface area contributed by atoms with Crippen LogP contribution in [0.25, 0.3) is 0 Å². The molecule has 1 fully saturated rings. The largest absolute Gasteiger partial charge is 0.374 e. The quantitative estimate of drug-likeness (QED) is 0.531. The highest BCUT2D eigenvalue weighted by Gasteiger charge is 2.36. The normalized spacial score (nSPS) is 23.1. The molecule has 1 aliphatic heterocycles. The van der Waals surface area contributed by atoms with E-state index in [1.165, 1.54) is 12.0 Å². The summed E-state index contributed by atoms with van der Waals surface area (Å²) in [5.41, 5.74) is 1.21. The van der Waals surface area contributed by atoms with E-state index in [1.807, 2.05) is 18.2 Å². The van der Waals surface area contributed by atoms with Crippen molar-refractivity contribution < 1.29 is 9.47 Å². The van der Waals surface area contributed by atoms with Gasteiger partial charge in [0.15, 0.2) is 0 Å². The summed E-state index contributed by atoms with van der Waals surface area (Å²) in [7, 11) is 0. The fraction of sp³-hybridized carbons (Fsp3) is 0.467. The van der Waals surface area contributed by atoms with Crippen LogP contribution in [-0.4, -0.2) is 18.8 Å². The Bertz CT molecular complexity index is 345. The Balaban J connectivity index is 1.59. The second-order valence-corrected chi connectivity index (χ2v) is 4.36. The highest BCUT2D eigenvalue weighted by Crippen LogP contribution is 2.24. The Kier molecular flexibility index (Phi) is 4.77. The van der Waals surface area contributed by atoms with Gasteiger partial charge in [0.25, 0.3) is 0 Å². The molecule has 0 amide bonds. The Morgan fingerprint density at radius 2 is 2.12 bits per heavy atom. The minimum absolute atomic E-state index is 0.270. The van der Waals surface area contributed by atoms with E-state index in [2.05, 4.69) is 31.2 Å². The number of ether oxygens (including phenoxy) is 2. The summed E-state index contributed by atoms with van der Waals surface area (Å²) in [6.45, 7) is 3.54. The lowest BCUT2D eigenvalue weighted by atomic mass is 10.2. The average Bonchev–Trinajstić information content (AvgIpc) is 3.10. The van der Waals surface area contributed by atoms with Gasteiger partial charge in [-0.1, -0.05) is 55.8 Å². The standard InChI is InChI=1S/C15H20O2/c1-2-3-5-10-14-15(17-14)12-16-11-13-8-6-4-7-9-13/h4-10,14-15H,2-3,11-12H2,1H3/b10-5+/t14-,15+/m1/s1. The molecule has 92 valence electrons. The van der Waals surface area contributed by atoms with E-state index >= 15 is 0 Å². The molecule has 0 bridgehead atoms. The average molecular weight is 232 g/mol. The molecule has 1 aromatic rings. The Morgan fingerprint density at radius 1 is 1.29 bits per heavy atom. The number of benzene rings is 1. The van der Waals surface area contributed by atoms with Crippen molar-refractivity contribution in [2.45, 2.75) is 38.6 Å². The molecule has 0 unspecified atom stereocenters. The van der Waals surface area contributed by atoms with Gasteiger partial charge < -0.3 is 9.47 Å². The molecule has 17 heavy (non-hydrogen) atoms. The maximum absolute atomic E-state index is 5.62. The van der Waals surface area contributed by atoms with Crippen LogP contribution in [0.1, 0.15) is 25.3 Å². The van der Waals surface area contributed by atoms with Crippen molar-refractivity contribution in [2.24, 2.45) is 0 Å². The summed E-state index contributed by atoms with van der Waals surface area (Å²) < 4.78 is 11.1. The van der Waals surface area contributed by atoms with Crippen LogP contribution in [0, 0.1) is 0 Å². The number of unbranched alkanes of at least 4 members (excludes halogenated alkanes) is 1. The molecule has 0 aromatic heterocycles. The van der Waals surface area contributed by atoms with Crippen molar-refractivity contribution in [3.8, 4) is 0 Å². The van der Waals surface area contributed by atoms with Crippen LogP contribution in [0.3, 0.4) is 0 Å². The van der Waals surface area contributed by atoms with Crippen LogP contribution in [0.15, 0.2) is 42.5 Å². The molecular formula is C15H20O2. The summed E-state index contributed by atoms with van der Waals surface area (Å²) in [5, 5.41) is 0. The van der Waals surface area contributed by atoms with Crippen molar-refractivity contribution in [2.75, 3.05) is 6.61 Å². The third-order valence-corrected chi connectivity index (χ3v) is 2.80. The molecule has 0 aliphatic carbocycles. The van der Waals surface area contributed by atoms with Gasteiger partial charge in [0.2, 0.25) is 0 Å². The number of rotatable bonds is 7. The zero-order valence-electron chi connectivity index (χ0n) is 10.3. The van der Waals surface area contributed by atoms with Gasteiger partial charge in [-0.05, 0) is 12.0 Å². The molecule has 2 heteroatoms. The molecule has 0 N–H and O–H groups in total. The number of hydrogen-bond donors (Lipinski definition) is 0. The van der Waals surface area contributed by atoms with Gasteiger partial charge in [-0.3, -0.25) is 0 Å². The Morgan fingerprint density at radius 3 is 2.88 bits per heavy atom. The third kappa shape index (κ3) is 4.33. The maximum atomic E-state index is 5.62. The van der Waals surface area contributed by atoms with Crippen LogP contribution >= 0.6 is 0 Å². The van der Waals surface area contributed by atoms with Crippen molar-refractivity contribution in [1.29, 1.82) is 0 Å². The van der Waals surface area contributed by atoms with Crippen molar-refractivity contribution in [1.82, 2.24) is 0 Å². The van der Waals surface area contributed by atoms with Crippen molar-refractivity contribution in [3.63, 3.8) is 0 Å². The molecule has 1 aliphatic rings. The second-order valence-electron chi connectivity index (χ2n) is 4.36. The Hall–Kier alpha value is -1.12. The smallest absolute Gasteiger partial charge is 0.111 e. The number of hydrogen-bond acceptors (Lipinski definition) is 2. The van der Waals surface area contributed by atoms with E-state index in [0.29, 0.717) is 13.2 Å². The Labute approximate surface area is 103 Å². The molecule has 2 atom stereocenters. The lowest BCUT2D eigenvalue weighted by Gasteiger charge is -2.01. The van der Waals surface area contributed by atoms with Gasteiger partial charge in [-0.15, -0.1) is 0 Å². The van der Waals surface area contributed by atoms with Gasteiger partial charge in [-0.2, -0.15) is 0 Å². The lowest BCUT2D eigenvalue weighted by molar-refractivity contribution is 0.104. The van der Waals surface area contributed by atoms with E-state index in [1.54, 1.807) is 0 Å². The number of epoxide rings is 1. The van der Waals surface area contributed by atoms with E-state index in [-0.39, 0.29) is 12.2 Å². The van der Waals surface area contributed by atoms with E-state index in [9.17, 15) is 0 Å². The minimum atomic E-state index is 0.270.